The van der Waals surface area contributed by atoms with Crippen LogP contribution in [0.2, 0.25) is 0 Å². The highest BCUT2D eigenvalue weighted by atomic mass is 16.3. The molecule has 0 fully saturated rings. The van der Waals surface area contributed by atoms with Gasteiger partial charge in [0, 0.05) is 19.4 Å². The van der Waals surface area contributed by atoms with Crippen molar-refractivity contribution in [2.24, 2.45) is 12.2 Å². The summed E-state index contributed by atoms with van der Waals surface area (Å²) >= 11 is 0. The molecule has 0 saturated carbocycles. The molecule has 42 valence electrons. The van der Waals surface area contributed by atoms with E-state index in [0.717, 1.165) is 0 Å². The summed E-state index contributed by atoms with van der Waals surface area (Å²) in [7, 11) is 1.84. The summed E-state index contributed by atoms with van der Waals surface area (Å²) in [6.45, 7) is 0. The van der Waals surface area contributed by atoms with E-state index < -0.39 is 0 Å². The first-order valence-corrected chi connectivity index (χ1v) is 2.28. The van der Waals surface area contributed by atoms with Crippen LogP contribution in [0.15, 0.2) is 23.6 Å². The summed E-state index contributed by atoms with van der Waals surface area (Å²) in [5, 5.41) is 2.72. The van der Waals surface area contributed by atoms with Crippen LogP contribution in [0.1, 0.15) is 0 Å². The van der Waals surface area contributed by atoms with Gasteiger partial charge < -0.3 is 4.57 Å². The highest BCUT2D eigenvalue weighted by Crippen LogP contribution is 2.08. The van der Waals surface area contributed by atoms with Crippen LogP contribution in [-0.4, -0.2) is 4.57 Å². The molecule has 0 unspecified atom stereocenters. The van der Waals surface area contributed by atoms with Crippen molar-refractivity contribution >= 4 is 5.69 Å². The Morgan fingerprint density at radius 3 is 2.75 bits per heavy atom. The van der Waals surface area contributed by atoms with Crippen molar-refractivity contribution in [1.82, 2.24) is 4.57 Å². The Bertz CT molecular complexity index is 192. The molecule has 1 aromatic heterocycles. The fraction of sp³-hybridized carbons (Fsp3) is 0.200. The van der Waals surface area contributed by atoms with Gasteiger partial charge in [-0.3, -0.25) is 0 Å². The van der Waals surface area contributed by atoms with Crippen LogP contribution >= 0.6 is 0 Å². The fourth-order valence-corrected chi connectivity index (χ4v) is 0.543. The van der Waals surface area contributed by atoms with Gasteiger partial charge in [-0.25, -0.2) is 0 Å². The van der Waals surface area contributed by atoms with Gasteiger partial charge in [-0.15, -0.1) is 4.91 Å². The van der Waals surface area contributed by atoms with Crippen molar-refractivity contribution in [3.8, 4) is 0 Å². The Kier molecular flexibility index (Phi) is 1.12. The van der Waals surface area contributed by atoms with Gasteiger partial charge in [0.2, 0.25) is 0 Å². The molecule has 0 aliphatic carbocycles. The minimum Gasteiger partial charge on any atom is -0.355 e. The van der Waals surface area contributed by atoms with Crippen molar-refractivity contribution in [3.05, 3.63) is 23.4 Å². The topological polar surface area (TPSA) is 34.4 Å². The lowest BCUT2D eigenvalue weighted by Crippen LogP contribution is -1.75. The first-order valence-electron chi connectivity index (χ1n) is 2.28. The largest absolute Gasteiger partial charge is 0.355 e. The maximum atomic E-state index is 9.76. The molecule has 1 heterocycles. The molecule has 0 amide bonds. The van der Waals surface area contributed by atoms with Crippen LogP contribution in [0.3, 0.4) is 0 Å². The number of nitroso groups, excluding NO2 is 1. The molecule has 0 aromatic carbocycles. The number of aryl methyl sites for hydroxylation is 1. The molecule has 0 spiro atoms. The van der Waals surface area contributed by atoms with Crippen LogP contribution in [0.25, 0.3) is 0 Å². The molecule has 0 saturated heterocycles. The minimum atomic E-state index is 0.479. The van der Waals surface area contributed by atoms with E-state index in [4.69, 9.17) is 0 Å². The summed E-state index contributed by atoms with van der Waals surface area (Å²) < 4.78 is 1.77. The molecule has 1 aromatic rings. The Balaban J connectivity index is 3.00. The third-order valence-corrected chi connectivity index (χ3v) is 0.922. The first-order chi connectivity index (χ1) is 3.83. The van der Waals surface area contributed by atoms with Crippen LogP contribution in [0.4, 0.5) is 5.69 Å². The number of rotatable bonds is 1. The van der Waals surface area contributed by atoms with Crippen molar-refractivity contribution in [2.75, 3.05) is 0 Å². The average Bonchev–Trinajstić information content (AvgIpc) is 2.14. The van der Waals surface area contributed by atoms with Gasteiger partial charge in [0.1, 0.15) is 5.69 Å². The van der Waals surface area contributed by atoms with Gasteiger partial charge in [-0.2, -0.15) is 0 Å². The standard InChI is InChI=1S/C5H6N2O/c1-7-3-2-5(4-7)6-8/h2-4H,1H3. The lowest BCUT2D eigenvalue weighted by atomic mass is 10.6. The summed E-state index contributed by atoms with van der Waals surface area (Å²) in [5.74, 6) is 0. The normalized spacial score (nSPS) is 9.12. The average molecular weight is 110 g/mol. The predicted octanol–water partition coefficient (Wildman–Crippen LogP) is 1.42. The predicted molar refractivity (Wildman–Crippen MR) is 30.9 cm³/mol. The summed E-state index contributed by atoms with van der Waals surface area (Å²) in [4.78, 5) is 9.76. The molecule has 3 nitrogen and oxygen atoms in total. The van der Waals surface area contributed by atoms with E-state index in [9.17, 15) is 4.91 Å². The smallest absolute Gasteiger partial charge is 0.125 e. The fourth-order valence-electron chi connectivity index (χ4n) is 0.543. The van der Waals surface area contributed by atoms with E-state index in [1.54, 1.807) is 23.0 Å². The maximum absolute atomic E-state index is 9.76. The Labute approximate surface area is 46.9 Å². The van der Waals surface area contributed by atoms with E-state index in [-0.39, 0.29) is 0 Å². The lowest BCUT2D eigenvalue weighted by molar-refractivity contribution is 0.928. The summed E-state index contributed by atoms with van der Waals surface area (Å²) in [6, 6.07) is 1.66. The molecular weight excluding hydrogens is 104 g/mol. The second-order valence-electron chi connectivity index (χ2n) is 1.63. The van der Waals surface area contributed by atoms with E-state index in [1.165, 1.54) is 0 Å². The molecule has 0 N–H and O–H groups in total. The Morgan fingerprint density at radius 2 is 2.50 bits per heavy atom. The van der Waals surface area contributed by atoms with Gasteiger partial charge in [0.05, 0.1) is 0 Å². The zero-order chi connectivity index (χ0) is 5.98. The Hall–Kier alpha value is -1.12. The quantitative estimate of drug-likeness (QED) is 0.503. The molecular formula is C5H6N2O. The number of aromatic nitrogens is 1. The van der Waals surface area contributed by atoms with Crippen molar-refractivity contribution in [3.63, 3.8) is 0 Å². The first kappa shape index (κ1) is 5.03. The van der Waals surface area contributed by atoms with Crippen molar-refractivity contribution in [1.29, 1.82) is 0 Å². The van der Waals surface area contributed by atoms with Crippen LogP contribution in [-0.2, 0) is 7.05 Å². The van der Waals surface area contributed by atoms with E-state index in [1.807, 2.05) is 7.05 Å². The van der Waals surface area contributed by atoms with Gasteiger partial charge in [0.15, 0.2) is 0 Å². The molecule has 0 aliphatic heterocycles. The molecule has 0 atom stereocenters. The molecule has 1 rings (SSSR count). The summed E-state index contributed by atoms with van der Waals surface area (Å²) in [6.07, 6.45) is 3.43. The van der Waals surface area contributed by atoms with Crippen LogP contribution in [0, 0.1) is 4.91 Å². The van der Waals surface area contributed by atoms with Crippen molar-refractivity contribution in [2.45, 2.75) is 0 Å². The van der Waals surface area contributed by atoms with E-state index >= 15 is 0 Å². The van der Waals surface area contributed by atoms with Gasteiger partial charge in [-0.1, -0.05) is 0 Å². The third-order valence-electron chi connectivity index (χ3n) is 0.922. The van der Waals surface area contributed by atoms with E-state index in [2.05, 4.69) is 5.18 Å². The van der Waals surface area contributed by atoms with Gasteiger partial charge in [-0.05, 0) is 11.2 Å². The molecule has 8 heavy (non-hydrogen) atoms. The maximum Gasteiger partial charge on any atom is 0.125 e. The minimum absolute atomic E-state index is 0.479. The van der Waals surface area contributed by atoms with Gasteiger partial charge in [0.25, 0.3) is 0 Å². The number of nitrogens with zero attached hydrogens (tertiary/aromatic N) is 2. The van der Waals surface area contributed by atoms with Gasteiger partial charge >= 0.3 is 0 Å². The third kappa shape index (κ3) is 0.753. The highest BCUT2D eigenvalue weighted by Gasteiger charge is 1.88. The Morgan fingerprint density at radius 1 is 1.75 bits per heavy atom. The number of hydrogen-bond donors (Lipinski definition) is 0. The second-order valence-corrected chi connectivity index (χ2v) is 1.63. The summed E-state index contributed by atoms with van der Waals surface area (Å²) in [5.41, 5.74) is 0.479. The molecule has 0 radical (unpaired) electrons. The van der Waals surface area contributed by atoms with E-state index in [0.29, 0.717) is 5.69 Å². The molecule has 0 aliphatic rings. The second kappa shape index (κ2) is 1.78. The monoisotopic (exact) mass is 110 g/mol. The lowest BCUT2D eigenvalue weighted by Gasteiger charge is -1.80. The SMILES string of the molecule is Cn1ccc(N=O)c1. The molecule has 3 heteroatoms. The van der Waals surface area contributed by atoms with Crippen molar-refractivity contribution < 1.29 is 0 Å². The van der Waals surface area contributed by atoms with Crippen LogP contribution in [0.5, 0.6) is 0 Å². The zero-order valence-corrected chi connectivity index (χ0v) is 4.53. The molecule has 0 bridgehead atoms. The highest BCUT2D eigenvalue weighted by molar-refractivity contribution is 5.32. The number of hydrogen-bond acceptors (Lipinski definition) is 2. The van der Waals surface area contributed by atoms with Crippen LogP contribution < -0.4 is 0 Å². The zero-order valence-electron chi connectivity index (χ0n) is 4.53.